The number of hydrogen-bond acceptors (Lipinski definition) is 4. The van der Waals surface area contributed by atoms with Crippen LogP contribution in [0.25, 0.3) is 15.7 Å². The van der Waals surface area contributed by atoms with Gasteiger partial charge in [0, 0.05) is 6.54 Å². The van der Waals surface area contributed by atoms with Crippen LogP contribution < -0.4 is 10.9 Å². The molecular formula is C20H20N4O2S. The summed E-state index contributed by atoms with van der Waals surface area (Å²) in [6.45, 7) is 4.33. The molecule has 6 nitrogen and oxygen atoms in total. The van der Waals surface area contributed by atoms with Crippen molar-refractivity contribution >= 4 is 33.0 Å². The maximum atomic E-state index is 12.7. The Kier molecular flexibility index (Phi) is 4.53. The molecule has 1 N–H and O–H groups in total. The third kappa shape index (κ3) is 3.38. The Bertz CT molecular complexity index is 1180. The molecular weight excluding hydrogens is 360 g/mol. The van der Waals surface area contributed by atoms with Crippen molar-refractivity contribution in [1.82, 2.24) is 19.5 Å². The van der Waals surface area contributed by atoms with Gasteiger partial charge >= 0.3 is 0 Å². The predicted molar refractivity (Wildman–Crippen MR) is 107 cm³/mol. The normalized spacial score (nSPS) is 11.3. The Morgan fingerprint density at radius 1 is 1.15 bits per heavy atom. The molecule has 0 radical (unpaired) electrons. The Morgan fingerprint density at radius 2 is 1.93 bits per heavy atom. The van der Waals surface area contributed by atoms with Crippen molar-refractivity contribution in [2.75, 3.05) is 6.54 Å². The largest absolute Gasteiger partial charge is 0.354 e. The summed E-state index contributed by atoms with van der Waals surface area (Å²) < 4.78 is 4.13. The summed E-state index contributed by atoms with van der Waals surface area (Å²) in [6.07, 6.45) is 0.751. The minimum Gasteiger partial charge on any atom is -0.354 e. The molecule has 138 valence electrons. The average Bonchev–Trinajstić information content (AvgIpc) is 3.22. The van der Waals surface area contributed by atoms with Crippen LogP contribution >= 0.6 is 11.3 Å². The quantitative estimate of drug-likeness (QED) is 0.579. The van der Waals surface area contributed by atoms with Gasteiger partial charge in [-0.3, -0.25) is 14.0 Å². The van der Waals surface area contributed by atoms with Crippen LogP contribution in [0.15, 0.2) is 46.6 Å². The first-order valence-electron chi connectivity index (χ1n) is 8.81. The van der Waals surface area contributed by atoms with Gasteiger partial charge in [-0.05, 0) is 43.3 Å². The number of amides is 1. The van der Waals surface area contributed by atoms with E-state index in [0.717, 1.165) is 16.6 Å². The van der Waals surface area contributed by atoms with Gasteiger partial charge in [-0.15, -0.1) is 11.3 Å². The first-order valence-corrected chi connectivity index (χ1v) is 9.69. The standard InChI is InChI=1S/C20H20N4O2S/c1-13-3-5-15(6-4-13)7-9-21-19(25)12-23-20(26)17-11-18-16(8-10-27-18)24(17)14(2)22-23/h3-6,8,10-11H,7,9,12H2,1-2H3,(H,21,25). The van der Waals surface area contributed by atoms with E-state index in [1.54, 1.807) is 11.3 Å². The van der Waals surface area contributed by atoms with Crippen molar-refractivity contribution in [3.05, 3.63) is 69.1 Å². The van der Waals surface area contributed by atoms with E-state index in [4.69, 9.17) is 0 Å². The molecule has 0 aliphatic carbocycles. The first kappa shape index (κ1) is 17.5. The second-order valence-corrected chi connectivity index (χ2v) is 7.58. The van der Waals surface area contributed by atoms with Crippen LogP contribution in [0.4, 0.5) is 0 Å². The maximum absolute atomic E-state index is 12.7. The molecule has 0 aliphatic heterocycles. The first-order chi connectivity index (χ1) is 13.0. The molecule has 0 spiro atoms. The highest BCUT2D eigenvalue weighted by Crippen LogP contribution is 2.24. The third-order valence-corrected chi connectivity index (χ3v) is 5.47. The number of aryl methyl sites for hydroxylation is 2. The summed E-state index contributed by atoms with van der Waals surface area (Å²) >= 11 is 1.58. The van der Waals surface area contributed by atoms with Gasteiger partial charge in [-0.1, -0.05) is 29.8 Å². The van der Waals surface area contributed by atoms with Crippen molar-refractivity contribution in [2.45, 2.75) is 26.8 Å². The van der Waals surface area contributed by atoms with Crippen molar-refractivity contribution in [1.29, 1.82) is 0 Å². The summed E-state index contributed by atoms with van der Waals surface area (Å²) in [4.78, 5) is 25.0. The highest BCUT2D eigenvalue weighted by molar-refractivity contribution is 7.17. The van der Waals surface area contributed by atoms with Gasteiger partial charge in [0.05, 0.1) is 10.2 Å². The molecule has 3 heterocycles. The van der Waals surface area contributed by atoms with Crippen LogP contribution in [0.2, 0.25) is 0 Å². The molecule has 1 amide bonds. The Balaban J connectivity index is 1.47. The molecule has 0 atom stereocenters. The molecule has 4 aromatic rings. The zero-order valence-corrected chi connectivity index (χ0v) is 16.0. The Labute approximate surface area is 160 Å². The van der Waals surface area contributed by atoms with Crippen LogP contribution in [0.3, 0.4) is 0 Å². The molecule has 0 aliphatic rings. The summed E-state index contributed by atoms with van der Waals surface area (Å²) in [5, 5.41) is 9.19. The van der Waals surface area contributed by atoms with E-state index in [-0.39, 0.29) is 18.0 Å². The Hall–Kier alpha value is -2.93. The SMILES string of the molecule is Cc1ccc(CCNC(=O)Cn2nc(C)n3c(cc4sccc43)c2=O)cc1. The minimum absolute atomic E-state index is 0.0805. The van der Waals surface area contributed by atoms with Crippen LogP contribution in [0.5, 0.6) is 0 Å². The van der Waals surface area contributed by atoms with Crippen molar-refractivity contribution < 1.29 is 4.79 Å². The summed E-state index contributed by atoms with van der Waals surface area (Å²) in [6, 6.07) is 12.1. The molecule has 0 saturated heterocycles. The highest BCUT2D eigenvalue weighted by Gasteiger charge is 2.14. The maximum Gasteiger partial charge on any atom is 0.291 e. The Morgan fingerprint density at radius 3 is 2.70 bits per heavy atom. The summed E-state index contributed by atoms with van der Waals surface area (Å²) in [5.41, 5.74) is 3.66. The van der Waals surface area contributed by atoms with Gasteiger partial charge in [0.2, 0.25) is 5.91 Å². The lowest BCUT2D eigenvalue weighted by Gasteiger charge is -2.09. The van der Waals surface area contributed by atoms with Crippen LogP contribution in [-0.4, -0.2) is 26.6 Å². The van der Waals surface area contributed by atoms with Gasteiger partial charge in [-0.2, -0.15) is 5.10 Å². The van der Waals surface area contributed by atoms with E-state index in [0.29, 0.717) is 17.9 Å². The predicted octanol–water partition coefficient (Wildman–Crippen LogP) is 2.69. The van der Waals surface area contributed by atoms with Crippen molar-refractivity contribution in [3.8, 4) is 0 Å². The number of benzene rings is 1. The number of thiophene rings is 1. The molecule has 27 heavy (non-hydrogen) atoms. The molecule has 0 fully saturated rings. The average molecular weight is 380 g/mol. The minimum atomic E-state index is -0.252. The van der Waals surface area contributed by atoms with Crippen LogP contribution in [0, 0.1) is 13.8 Å². The van der Waals surface area contributed by atoms with E-state index in [9.17, 15) is 9.59 Å². The zero-order valence-electron chi connectivity index (χ0n) is 15.2. The van der Waals surface area contributed by atoms with E-state index < -0.39 is 0 Å². The van der Waals surface area contributed by atoms with Gasteiger partial charge in [0.1, 0.15) is 17.9 Å². The smallest absolute Gasteiger partial charge is 0.291 e. The molecule has 3 aromatic heterocycles. The molecule has 7 heteroatoms. The monoisotopic (exact) mass is 380 g/mol. The second-order valence-electron chi connectivity index (χ2n) is 6.63. The van der Waals surface area contributed by atoms with Crippen LogP contribution in [0.1, 0.15) is 17.0 Å². The van der Waals surface area contributed by atoms with Gasteiger partial charge < -0.3 is 5.32 Å². The zero-order chi connectivity index (χ0) is 19.0. The fourth-order valence-corrected chi connectivity index (χ4v) is 4.03. The number of nitrogens with one attached hydrogen (secondary N) is 1. The third-order valence-electron chi connectivity index (χ3n) is 4.62. The number of fused-ring (bicyclic) bond motifs is 3. The van der Waals surface area contributed by atoms with E-state index >= 15 is 0 Å². The fourth-order valence-electron chi connectivity index (χ4n) is 3.23. The lowest BCUT2D eigenvalue weighted by molar-refractivity contribution is -0.121. The number of aromatic nitrogens is 3. The number of rotatable bonds is 5. The molecule has 1 aromatic carbocycles. The molecule has 4 rings (SSSR count). The summed E-state index contributed by atoms with van der Waals surface area (Å²) in [7, 11) is 0. The van der Waals surface area contributed by atoms with Crippen LogP contribution in [-0.2, 0) is 17.8 Å². The highest BCUT2D eigenvalue weighted by atomic mass is 32.1. The number of hydrogen-bond donors (Lipinski definition) is 1. The lowest BCUT2D eigenvalue weighted by atomic mass is 10.1. The topological polar surface area (TPSA) is 68.4 Å². The lowest BCUT2D eigenvalue weighted by Crippen LogP contribution is -2.35. The second kappa shape index (κ2) is 7.00. The molecule has 0 saturated carbocycles. The van der Waals surface area contributed by atoms with Gasteiger partial charge in [-0.25, -0.2) is 4.68 Å². The molecule has 0 bridgehead atoms. The summed E-state index contributed by atoms with van der Waals surface area (Å²) in [5.74, 6) is 0.472. The van der Waals surface area contributed by atoms with Gasteiger partial charge in [0.15, 0.2) is 0 Å². The number of carbonyl (C=O) groups excluding carboxylic acids is 1. The van der Waals surface area contributed by atoms with Gasteiger partial charge in [0.25, 0.3) is 5.56 Å². The van der Waals surface area contributed by atoms with E-state index in [2.05, 4.69) is 34.7 Å². The number of nitrogens with zero attached hydrogens (tertiary/aromatic N) is 3. The van der Waals surface area contributed by atoms with E-state index in [1.807, 2.05) is 35.8 Å². The molecule has 0 unspecified atom stereocenters. The fraction of sp³-hybridized carbons (Fsp3) is 0.250. The van der Waals surface area contributed by atoms with Crippen molar-refractivity contribution in [2.24, 2.45) is 0 Å². The number of carbonyl (C=O) groups is 1. The van der Waals surface area contributed by atoms with Crippen molar-refractivity contribution in [3.63, 3.8) is 0 Å². The van der Waals surface area contributed by atoms with E-state index in [1.165, 1.54) is 15.8 Å².